The summed E-state index contributed by atoms with van der Waals surface area (Å²) < 4.78 is 60.0. The molecule has 252 valence electrons. The summed E-state index contributed by atoms with van der Waals surface area (Å²) in [5.74, 6) is -3.51. The van der Waals surface area contributed by atoms with Gasteiger partial charge < -0.3 is 15.0 Å². The molecule has 2 saturated carbocycles. The number of hydrogen-bond acceptors (Lipinski definition) is 7. The molecule has 4 aliphatic rings. The number of aromatic nitrogens is 1. The van der Waals surface area contributed by atoms with Gasteiger partial charge in [-0.25, -0.2) is 4.39 Å². The van der Waals surface area contributed by atoms with Crippen LogP contribution in [-0.2, 0) is 20.6 Å². The Bertz CT molecular complexity index is 2090. The van der Waals surface area contributed by atoms with Gasteiger partial charge in [0.15, 0.2) is 6.61 Å². The van der Waals surface area contributed by atoms with Crippen LogP contribution in [-0.4, -0.2) is 34.6 Å². The second kappa shape index (κ2) is 11.8. The van der Waals surface area contributed by atoms with E-state index in [-0.39, 0.29) is 45.4 Å². The zero-order valence-electron chi connectivity index (χ0n) is 25.0. The van der Waals surface area contributed by atoms with Crippen molar-refractivity contribution in [1.29, 1.82) is 0 Å². The van der Waals surface area contributed by atoms with Crippen LogP contribution in [0.1, 0.15) is 28.3 Å². The number of benzene rings is 3. The second-order valence-corrected chi connectivity index (χ2v) is 15.7. The molecule has 8 nitrogen and oxygen atoms in total. The molecule has 3 heterocycles. The van der Waals surface area contributed by atoms with Gasteiger partial charge in [0.2, 0.25) is 11.8 Å². The second-order valence-electron chi connectivity index (χ2n) is 12.5. The highest BCUT2D eigenvalue weighted by Crippen LogP contribution is 2.69. The van der Waals surface area contributed by atoms with E-state index in [0.29, 0.717) is 32.9 Å². The number of halogens is 5. The van der Waals surface area contributed by atoms with Crippen molar-refractivity contribution in [3.63, 3.8) is 0 Å². The summed E-state index contributed by atoms with van der Waals surface area (Å²) in [6.45, 7) is -0.507. The number of amides is 3. The number of rotatable bonds is 6. The fraction of sp³-hybridized carbons (Fsp3) is 0.294. The molecule has 2 bridgehead atoms. The number of fused-ring (bicyclic) bond motifs is 9. The van der Waals surface area contributed by atoms with Crippen LogP contribution in [0.5, 0.6) is 5.75 Å². The van der Waals surface area contributed by atoms with Crippen LogP contribution in [0, 0.1) is 35.4 Å². The van der Waals surface area contributed by atoms with E-state index in [1.165, 1.54) is 53.1 Å². The molecule has 7 atom stereocenters. The number of imide groups is 1. The van der Waals surface area contributed by atoms with E-state index in [4.69, 9.17) is 4.74 Å². The van der Waals surface area contributed by atoms with Crippen molar-refractivity contribution in [3.8, 4) is 5.75 Å². The Balaban J connectivity index is 1.11. The van der Waals surface area contributed by atoms with Gasteiger partial charge in [-0.1, -0.05) is 33.3 Å². The summed E-state index contributed by atoms with van der Waals surface area (Å²) in [5, 5.41) is 3.02. The summed E-state index contributed by atoms with van der Waals surface area (Å²) in [6, 6.07) is 14.8. The van der Waals surface area contributed by atoms with Gasteiger partial charge in [-0.3, -0.25) is 24.1 Å². The number of hydrogen-bond donors (Lipinski definition) is 2. The smallest absolute Gasteiger partial charge is 0.416 e. The van der Waals surface area contributed by atoms with Gasteiger partial charge in [0.25, 0.3) is 5.91 Å². The molecule has 1 aromatic heterocycles. The maximum atomic E-state index is 14.0. The molecule has 1 saturated heterocycles. The Morgan fingerprint density at radius 3 is 2.47 bits per heavy atom. The minimum atomic E-state index is -4.57. The normalized spacial score (nSPS) is 26.8. The number of H-pyrrole nitrogens is 1. The summed E-state index contributed by atoms with van der Waals surface area (Å²) in [6.07, 6.45) is -3.93. The first-order valence-corrected chi connectivity index (χ1v) is 17.8. The van der Waals surface area contributed by atoms with Gasteiger partial charge >= 0.3 is 11.0 Å². The maximum Gasteiger partial charge on any atom is 0.416 e. The van der Waals surface area contributed by atoms with E-state index < -0.39 is 47.8 Å². The standard InChI is InChI=1S/C34H24BrF4N3O5S2/c35-15-4-9-22(47-13-23(43)40-17-3-1-2-14(10-17)34(37,38)39)19(11-15)24-25-20-12-21(28(25)48-30-29(24)49-33(46)41-30)27-26(20)31(44)42(32(27)45)18-7-5-16(36)6-8-18/h1-11,20-21,24-28H,12-13H2,(H,40,43)(H,41,46)/t20?,21?,24-,25?,26?,27?,28?/m1/s1. The number of alkyl halides is 3. The Labute approximate surface area is 292 Å². The molecular weight excluding hydrogens is 750 g/mol. The van der Waals surface area contributed by atoms with Gasteiger partial charge in [0.05, 0.1) is 28.1 Å². The van der Waals surface area contributed by atoms with Crippen LogP contribution in [0.2, 0.25) is 0 Å². The summed E-state index contributed by atoms with van der Waals surface area (Å²) in [5.41, 5.74) is 0.0651. The zero-order chi connectivity index (χ0) is 34.4. The molecule has 0 radical (unpaired) electrons. The summed E-state index contributed by atoms with van der Waals surface area (Å²) in [4.78, 5) is 58.0. The molecule has 3 amide bonds. The highest BCUT2D eigenvalue weighted by Gasteiger charge is 2.70. The van der Waals surface area contributed by atoms with Crippen LogP contribution in [0.4, 0.5) is 28.9 Å². The van der Waals surface area contributed by atoms with E-state index in [9.17, 15) is 36.7 Å². The first-order valence-electron chi connectivity index (χ1n) is 15.3. The molecule has 8 rings (SSSR count). The predicted octanol–water partition coefficient (Wildman–Crippen LogP) is 7.05. The quantitative estimate of drug-likeness (QED) is 0.161. The molecular formula is C34H24BrF4N3O5S2. The van der Waals surface area contributed by atoms with E-state index in [0.717, 1.165) is 28.3 Å². The summed E-state index contributed by atoms with van der Waals surface area (Å²) >= 11 is 6.13. The highest BCUT2D eigenvalue weighted by molar-refractivity contribution is 9.10. The van der Waals surface area contributed by atoms with Gasteiger partial charge in [-0.05, 0) is 84.8 Å². The van der Waals surface area contributed by atoms with Crippen molar-refractivity contribution in [2.45, 2.75) is 28.8 Å². The molecule has 6 unspecified atom stereocenters. The number of aromatic amines is 1. The Morgan fingerprint density at radius 1 is 1.00 bits per heavy atom. The molecule has 3 fully saturated rings. The first-order chi connectivity index (χ1) is 23.4. The third-order valence-corrected chi connectivity index (χ3v) is 13.0. The first kappa shape index (κ1) is 32.3. The van der Waals surface area contributed by atoms with E-state index in [1.807, 2.05) is 6.07 Å². The number of nitrogens with zero attached hydrogens (tertiary/aromatic N) is 1. The number of anilines is 2. The van der Waals surface area contributed by atoms with Crippen LogP contribution >= 0.6 is 39.0 Å². The van der Waals surface area contributed by atoms with Crippen LogP contribution in [0.15, 0.2) is 81.0 Å². The maximum absolute atomic E-state index is 14.0. The van der Waals surface area contributed by atoms with Gasteiger partial charge in [-0.2, -0.15) is 13.2 Å². The molecule has 3 aromatic carbocycles. The van der Waals surface area contributed by atoms with Crippen LogP contribution in [0.25, 0.3) is 0 Å². The van der Waals surface area contributed by atoms with Crippen molar-refractivity contribution in [1.82, 2.24) is 4.98 Å². The number of thioether (sulfide) groups is 1. The lowest BCUT2D eigenvalue weighted by Gasteiger charge is -2.43. The van der Waals surface area contributed by atoms with Crippen LogP contribution in [0.3, 0.4) is 0 Å². The molecule has 49 heavy (non-hydrogen) atoms. The monoisotopic (exact) mass is 773 g/mol. The Kier molecular flexibility index (Phi) is 7.79. The van der Waals surface area contributed by atoms with E-state index in [1.54, 1.807) is 12.1 Å². The predicted molar refractivity (Wildman–Crippen MR) is 177 cm³/mol. The fourth-order valence-corrected chi connectivity index (χ4v) is 11.5. The largest absolute Gasteiger partial charge is 0.483 e. The lowest BCUT2D eigenvalue weighted by molar-refractivity contribution is -0.137. The van der Waals surface area contributed by atoms with Crippen molar-refractivity contribution >= 4 is 68.1 Å². The van der Waals surface area contributed by atoms with Gasteiger partial charge in [-0.15, -0.1) is 11.8 Å². The lowest BCUT2D eigenvalue weighted by Crippen LogP contribution is -2.42. The van der Waals surface area contributed by atoms with Crippen molar-refractivity contribution in [2.24, 2.45) is 29.6 Å². The highest BCUT2D eigenvalue weighted by atomic mass is 79.9. The van der Waals surface area contributed by atoms with Gasteiger partial charge in [0.1, 0.15) is 11.6 Å². The van der Waals surface area contributed by atoms with E-state index in [2.05, 4.69) is 26.2 Å². The van der Waals surface area contributed by atoms with Gasteiger partial charge in [0, 0.05) is 31.8 Å². The Morgan fingerprint density at radius 2 is 1.73 bits per heavy atom. The zero-order valence-corrected chi connectivity index (χ0v) is 28.2. The minimum absolute atomic E-state index is 0.0321. The number of ether oxygens (including phenoxy) is 1. The number of carbonyl (C=O) groups excluding carboxylic acids is 3. The number of thiazole rings is 1. The molecule has 2 aliphatic carbocycles. The molecule has 15 heteroatoms. The van der Waals surface area contributed by atoms with Crippen molar-refractivity contribution < 1.29 is 36.7 Å². The Hall–Kier alpha value is -3.95. The molecule has 0 spiro atoms. The molecule has 2 N–H and O–H groups in total. The molecule has 2 aliphatic heterocycles. The topological polar surface area (TPSA) is 109 Å². The number of nitrogens with one attached hydrogen (secondary N) is 2. The van der Waals surface area contributed by atoms with Crippen LogP contribution < -0.4 is 19.8 Å². The average Bonchev–Trinajstić information content (AvgIpc) is 3.79. The SMILES string of the molecule is O=C(COc1ccc(Br)cc1[C@H]1c2sc(=O)[nH]c2SC2C3CC(C4C(=O)N(c5ccc(F)cc5)C(=O)C34)C21)Nc1cccc(C(F)(F)F)c1. The third kappa shape index (κ3) is 5.40. The third-order valence-electron chi connectivity index (χ3n) is 9.95. The number of carbonyl (C=O) groups is 3. The lowest BCUT2D eigenvalue weighted by atomic mass is 9.68. The molecule has 4 aromatic rings. The summed E-state index contributed by atoms with van der Waals surface area (Å²) in [7, 11) is 0. The average molecular weight is 775 g/mol. The minimum Gasteiger partial charge on any atom is -0.483 e. The van der Waals surface area contributed by atoms with Crippen molar-refractivity contribution in [2.75, 3.05) is 16.8 Å². The van der Waals surface area contributed by atoms with Crippen molar-refractivity contribution in [3.05, 3.63) is 103 Å². The van der Waals surface area contributed by atoms with E-state index >= 15 is 0 Å². The fourth-order valence-electron chi connectivity index (χ4n) is 8.22.